The lowest BCUT2D eigenvalue weighted by Gasteiger charge is -2.36. The van der Waals surface area contributed by atoms with E-state index < -0.39 is 5.60 Å². The number of fused-ring (bicyclic) bond motifs is 1. The average molecular weight is 349 g/mol. The van der Waals surface area contributed by atoms with Crippen molar-refractivity contribution in [2.45, 2.75) is 96.0 Å². The summed E-state index contributed by atoms with van der Waals surface area (Å²) in [5.41, 5.74) is 1.87. The van der Waals surface area contributed by atoms with Crippen molar-refractivity contribution in [2.24, 2.45) is 0 Å². The van der Waals surface area contributed by atoms with E-state index in [-0.39, 0.29) is 24.2 Å². The lowest BCUT2D eigenvalue weighted by molar-refractivity contribution is -0.0125. The third kappa shape index (κ3) is 4.06. The highest BCUT2D eigenvalue weighted by atomic mass is 16.5. The van der Waals surface area contributed by atoms with Crippen molar-refractivity contribution < 1.29 is 14.6 Å². The molecule has 0 bridgehead atoms. The molecule has 25 heavy (non-hydrogen) atoms. The zero-order chi connectivity index (χ0) is 18.0. The van der Waals surface area contributed by atoms with Gasteiger partial charge in [0.15, 0.2) is 5.69 Å². The van der Waals surface area contributed by atoms with Crippen LogP contribution in [0.1, 0.15) is 93.6 Å². The number of H-pyrrole nitrogens is 1. The van der Waals surface area contributed by atoms with Gasteiger partial charge in [-0.25, -0.2) is 0 Å². The van der Waals surface area contributed by atoms with Gasteiger partial charge in [0.25, 0.3) is 5.91 Å². The van der Waals surface area contributed by atoms with Crippen LogP contribution in [0, 0.1) is 0 Å². The molecule has 140 valence electrons. The van der Waals surface area contributed by atoms with Crippen molar-refractivity contribution in [3.05, 3.63) is 17.0 Å². The molecule has 2 aliphatic rings. The number of rotatable bonds is 5. The second-order valence-corrected chi connectivity index (χ2v) is 7.83. The lowest BCUT2D eigenvalue weighted by atomic mass is 9.79. The number of nitrogens with zero attached hydrogens (tertiary/aromatic N) is 1. The minimum atomic E-state index is -0.537. The van der Waals surface area contributed by atoms with Gasteiger partial charge in [0.1, 0.15) is 0 Å². The summed E-state index contributed by atoms with van der Waals surface area (Å²) in [4.78, 5) is 12.7. The van der Waals surface area contributed by atoms with E-state index in [2.05, 4.69) is 22.4 Å². The standard InChI is InChI=1S/C19H31N3O3/c1-4-5-8-19(24)9-6-14(7-10-19)20-18(23)17-15-11-12(2)25-13(3)16(15)21-22-17/h12-14,24H,4-11H2,1-3H3,(H,20,23)(H,21,22)/t12-,13+,14?,19?/m0/s1. The van der Waals surface area contributed by atoms with E-state index in [0.29, 0.717) is 12.1 Å². The van der Waals surface area contributed by atoms with E-state index in [1.165, 1.54) is 0 Å². The molecule has 3 N–H and O–H groups in total. The van der Waals surface area contributed by atoms with Crippen LogP contribution in [0.2, 0.25) is 0 Å². The molecule has 1 amide bonds. The van der Waals surface area contributed by atoms with Gasteiger partial charge in [-0.1, -0.05) is 19.8 Å². The fourth-order valence-electron chi connectivity index (χ4n) is 4.17. The van der Waals surface area contributed by atoms with Crippen LogP contribution in [0.3, 0.4) is 0 Å². The summed E-state index contributed by atoms with van der Waals surface area (Å²) in [6.45, 7) is 6.14. The van der Waals surface area contributed by atoms with Crippen LogP contribution in [0.15, 0.2) is 0 Å². The Morgan fingerprint density at radius 1 is 1.40 bits per heavy atom. The van der Waals surface area contributed by atoms with Gasteiger partial charge in [0, 0.05) is 18.0 Å². The zero-order valence-electron chi connectivity index (χ0n) is 15.6. The van der Waals surface area contributed by atoms with Crippen LogP contribution in [-0.2, 0) is 11.2 Å². The number of carbonyl (C=O) groups is 1. The fourth-order valence-corrected chi connectivity index (χ4v) is 4.17. The number of hydrogen-bond donors (Lipinski definition) is 3. The van der Waals surface area contributed by atoms with Gasteiger partial charge in [-0.2, -0.15) is 5.10 Å². The van der Waals surface area contributed by atoms with Crippen molar-refractivity contribution in [3.63, 3.8) is 0 Å². The average Bonchev–Trinajstić information content (AvgIpc) is 2.99. The summed E-state index contributed by atoms with van der Waals surface area (Å²) < 4.78 is 5.78. The van der Waals surface area contributed by atoms with Crippen molar-refractivity contribution in [1.82, 2.24) is 15.5 Å². The van der Waals surface area contributed by atoms with Crippen molar-refractivity contribution in [3.8, 4) is 0 Å². The molecule has 3 rings (SSSR count). The number of ether oxygens (including phenoxy) is 1. The summed E-state index contributed by atoms with van der Waals surface area (Å²) in [5.74, 6) is -0.109. The van der Waals surface area contributed by atoms with Gasteiger partial charge in [-0.3, -0.25) is 9.89 Å². The molecule has 0 unspecified atom stereocenters. The number of hydrogen-bond acceptors (Lipinski definition) is 4. The summed E-state index contributed by atoms with van der Waals surface area (Å²) >= 11 is 0. The van der Waals surface area contributed by atoms with E-state index in [1.807, 2.05) is 13.8 Å². The maximum Gasteiger partial charge on any atom is 0.272 e. The van der Waals surface area contributed by atoms with Crippen LogP contribution in [0.4, 0.5) is 0 Å². The molecule has 1 aliphatic carbocycles. The van der Waals surface area contributed by atoms with Gasteiger partial charge >= 0.3 is 0 Å². The Morgan fingerprint density at radius 2 is 2.12 bits per heavy atom. The Morgan fingerprint density at radius 3 is 2.80 bits per heavy atom. The SMILES string of the molecule is CCCCC1(O)CCC(NC(=O)c2n[nH]c3c2C[C@H](C)O[C@@H]3C)CC1. The quantitative estimate of drug-likeness (QED) is 0.762. The van der Waals surface area contributed by atoms with Crippen LogP contribution in [0.25, 0.3) is 0 Å². The summed E-state index contributed by atoms with van der Waals surface area (Å²) in [5, 5.41) is 21.0. The van der Waals surface area contributed by atoms with Crippen LogP contribution < -0.4 is 5.32 Å². The first kappa shape index (κ1) is 18.4. The molecule has 1 fully saturated rings. The Balaban J connectivity index is 1.59. The summed E-state index contributed by atoms with van der Waals surface area (Å²) in [7, 11) is 0. The van der Waals surface area contributed by atoms with E-state index >= 15 is 0 Å². The summed E-state index contributed by atoms with van der Waals surface area (Å²) in [6, 6.07) is 0.122. The third-order valence-corrected chi connectivity index (χ3v) is 5.70. The summed E-state index contributed by atoms with van der Waals surface area (Å²) in [6.07, 6.45) is 6.96. The number of aromatic amines is 1. The van der Waals surface area contributed by atoms with Gasteiger partial charge in [-0.15, -0.1) is 0 Å². The van der Waals surface area contributed by atoms with Crippen molar-refractivity contribution in [1.29, 1.82) is 0 Å². The largest absolute Gasteiger partial charge is 0.390 e. The second kappa shape index (κ2) is 7.46. The molecule has 6 heteroatoms. The van der Waals surface area contributed by atoms with Crippen LogP contribution >= 0.6 is 0 Å². The third-order valence-electron chi connectivity index (χ3n) is 5.70. The first-order chi connectivity index (χ1) is 11.9. The first-order valence-corrected chi connectivity index (χ1v) is 9.67. The van der Waals surface area contributed by atoms with E-state index in [4.69, 9.17) is 4.74 Å². The zero-order valence-corrected chi connectivity index (χ0v) is 15.6. The molecular formula is C19H31N3O3. The van der Waals surface area contributed by atoms with E-state index in [1.54, 1.807) is 0 Å². The molecule has 2 heterocycles. The predicted octanol–water partition coefficient (Wildman–Crippen LogP) is 3.03. The Labute approximate surface area is 149 Å². The number of carbonyl (C=O) groups excluding carboxylic acids is 1. The maximum absolute atomic E-state index is 12.7. The molecule has 1 saturated carbocycles. The van der Waals surface area contributed by atoms with Gasteiger partial charge in [0.2, 0.25) is 0 Å². The normalized spacial score (nSPS) is 32.2. The highest BCUT2D eigenvalue weighted by Gasteiger charge is 2.34. The highest BCUT2D eigenvalue weighted by Crippen LogP contribution is 2.33. The molecule has 1 aromatic rings. The number of amides is 1. The smallest absolute Gasteiger partial charge is 0.272 e. The molecule has 0 spiro atoms. The number of nitrogens with one attached hydrogen (secondary N) is 2. The first-order valence-electron chi connectivity index (χ1n) is 9.67. The van der Waals surface area contributed by atoms with Crippen molar-refractivity contribution >= 4 is 5.91 Å². The number of aromatic nitrogens is 2. The van der Waals surface area contributed by atoms with E-state index in [9.17, 15) is 9.90 Å². The van der Waals surface area contributed by atoms with Crippen LogP contribution in [-0.4, -0.2) is 39.0 Å². The van der Waals surface area contributed by atoms with E-state index in [0.717, 1.165) is 56.2 Å². The predicted molar refractivity (Wildman–Crippen MR) is 95.5 cm³/mol. The topological polar surface area (TPSA) is 87.2 Å². The molecule has 0 saturated heterocycles. The molecule has 1 aliphatic heterocycles. The molecular weight excluding hydrogens is 318 g/mol. The lowest BCUT2D eigenvalue weighted by Crippen LogP contribution is -2.43. The molecule has 6 nitrogen and oxygen atoms in total. The number of unbranched alkanes of at least 4 members (excludes halogenated alkanes) is 1. The molecule has 0 radical (unpaired) electrons. The van der Waals surface area contributed by atoms with Gasteiger partial charge in [-0.05, 0) is 46.0 Å². The Bertz CT molecular complexity index is 605. The highest BCUT2D eigenvalue weighted by molar-refractivity contribution is 5.94. The monoisotopic (exact) mass is 349 g/mol. The fraction of sp³-hybridized carbons (Fsp3) is 0.789. The minimum absolute atomic E-state index is 0.0592. The molecule has 0 aromatic carbocycles. The number of aliphatic hydroxyl groups is 1. The van der Waals surface area contributed by atoms with Crippen molar-refractivity contribution in [2.75, 3.05) is 0 Å². The molecule has 2 atom stereocenters. The Kier molecular flexibility index (Phi) is 5.49. The van der Waals surface area contributed by atoms with Gasteiger partial charge < -0.3 is 15.2 Å². The van der Waals surface area contributed by atoms with Crippen LogP contribution in [0.5, 0.6) is 0 Å². The van der Waals surface area contributed by atoms with Gasteiger partial charge in [0.05, 0.1) is 23.5 Å². The minimum Gasteiger partial charge on any atom is -0.390 e. The Hall–Kier alpha value is -1.40. The molecule has 1 aromatic heterocycles. The second-order valence-electron chi connectivity index (χ2n) is 7.83. The maximum atomic E-state index is 12.7.